The third-order valence-electron chi connectivity index (χ3n) is 2.27. The molecule has 0 aromatic heterocycles. The number of carbonyl (C=O) groups is 1. The Bertz CT molecular complexity index is 161. The van der Waals surface area contributed by atoms with E-state index in [9.17, 15) is 9.90 Å². The van der Waals surface area contributed by atoms with Crippen LogP contribution in [0.4, 0.5) is 0 Å². The van der Waals surface area contributed by atoms with Gasteiger partial charge in [0.05, 0.1) is 6.10 Å². The number of aliphatic hydroxyl groups is 1. The second-order valence-corrected chi connectivity index (χ2v) is 3.71. The van der Waals surface area contributed by atoms with Gasteiger partial charge < -0.3 is 10.0 Å². The molecule has 0 aromatic rings. The van der Waals surface area contributed by atoms with Crippen molar-refractivity contribution in [2.24, 2.45) is 5.92 Å². The van der Waals surface area contributed by atoms with Crippen molar-refractivity contribution in [1.29, 1.82) is 0 Å². The van der Waals surface area contributed by atoms with Crippen LogP contribution >= 0.6 is 0 Å². The molecule has 0 aromatic carbocycles. The second-order valence-electron chi connectivity index (χ2n) is 3.71. The van der Waals surface area contributed by atoms with Gasteiger partial charge in [-0.1, -0.05) is 27.7 Å². The summed E-state index contributed by atoms with van der Waals surface area (Å²) >= 11 is 0. The van der Waals surface area contributed by atoms with E-state index >= 15 is 0 Å². The van der Waals surface area contributed by atoms with E-state index in [0.29, 0.717) is 0 Å². The van der Waals surface area contributed by atoms with Gasteiger partial charge in [0.1, 0.15) is 0 Å². The standard InChI is InChI=1S/C9H17NO2.C2H6/c1-7(2)9(12)10-5-3-8(11)4-6-10;1-2/h7-8,11H,3-6H2,1-2H3;1-2H3. The summed E-state index contributed by atoms with van der Waals surface area (Å²) < 4.78 is 0. The second kappa shape index (κ2) is 6.82. The minimum absolute atomic E-state index is 0.0836. The lowest BCUT2D eigenvalue weighted by Crippen LogP contribution is -2.41. The lowest BCUT2D eigenvalue weighted by molar-refractivity contribution is -0.136. The third-order valence-corrected chi connectivity index (χ3v) is 2.27. The molecule has 1 fully saturated rings. The van der Waals surface area contributed by atoms with Crippen molar-refractivity contribution in [2.75, 3.05) is 13.1 Å². The molecular weight excluding hydrogens is 178 g/mol. The molecule has 84 valence electrons. The molecule has 0 bridgehead atoms. The maximum atomic E-state index is 11.4. The molecule has 0 radical (unpaired) electrons. The lowest BCUT2D eigenvalue weighted by Gasteiger charge is -2.30. The minimum Gasteiger partial charge on any atom is -0.393 e. The fourth-order valence-electron chi connectivity index (χ4n) is 1.45. The zero-order valence-corrected chi connectivity index (χ0v) is 9.79. The van der Waals surface area contributed by atoms with E-state index in [4.69, 9.17) is 0 Å². The molecule has 3 heteroatoms. The Morgan fingerprint density at radius 3 is 2.07 bits per heavy atom. The average Bonchev–Trinajstić information content (AvgIpc) is 2.21. The summed E-state index contributed by atoms with van der Waals surface area (Å²) in [5.41, 5.74) is 0. The van der Waals surface area contributed by atoms with Gasteiger partial charge in [-0.25, -0.2) is 0 Å². The topological polar surface area (TPSA) is 40.5 Å². The maximum absolute atomic E-state index is 11.4. The molecule has 1 amide bonds. The van der Waals surface area contributed by atoms with Crippen molar-refractivity contribution in [2.45, 2.75) is 46.6 Å². The number of likely N-dealkylation sites (tertiary alicyclic amines) is 1. The number of hydrogen-bond acceptors (Lipinski definition) is 2. The quantitative estimate of drug-likeness (QED) is 0.701. The van der Waals surface area contributed by atoms with Crippen LogP contribution in [0.2, 0.25) is 0 Å². The Morgan fingerprint density at radius 1 is 1.29 bits per heavy atom. The van der Waals surface area contributed by atoms with Gasteiger partial charge in [0, 0.05) is 19.0 Å². The highest BCUT2D eigenvalue weighted by Crippen LogP contribution is 2.12. The fourth-order valence-corrected chi connectivity index (χ4v) is 1.45. The lowest BCUT2D eigenvalue weighted by atomic mass is 10.1. The molecule has 1 N–H and O–H groups in total. The average molecular weight is 201 g/mol. The van der Waals surface area contributed by atoms with Crippen LogP contribution in [0.1, 0.15) is 40.5 Å². The summed E-state index contributed by atoms with van der Waals surface area (Å²) in [5, 5.41) is 9.21. The summed E-state index contributed by atoms with van der Waals surface area (Å²) in [6, 6.07) is 0. The molecule has 1 saturated heterocycles. The van der Waals surface area contributed by atoms with Crippen LogP contribution in [0.3, 0.4) is 0 Å². The Kier molecular flexibility index (Phi) is 6.54. The molecule has 1 heterocycles. The smallest absolute Gasteiger partial charge is 0.225 e. The third kappa shape index (κ3) is 4.09. The van der Waals surface area contributed by atoms with E-state index < -0.39 is 0 Å². The SMILES string of the molecule is CC.CC(C)C(=O)N1CCC(O)CC1. The minimum atomic E-state index is -0.193. The van der Waals surface area contributed by atoms with Gasteiger partial charge in [0.15, 0.2) is 0 Å². The van der Waals surface area contributed by atoms with Gasteiger partial charge in [-0.05, 0) is 12.8 Å². The van der Waals surface area contributed by atoms with Crippen LogP contribution in [0.5, 0.6) is 0 Å². The Morgan fingerprint density at radius 2 is 1.71 bits per heavy atom. The molecular formula is C11H23NO2. The summed E-state index contributed by atoms with van der Waals surface area (Å²) in [7, 11) is 0. The highest BCUT2D eigenvalue weighted by molar-refractivity contribution is 5.78. The molecule has 0 saturated carbocycles. The normalized spacial score (nSPS) is 17.7. The van der Waals surface area contributed by atoms with Crippen LogP contribution in [-0.4, -0.2) is 35.1 Å². The number of aliphatic hydroxyl groups excluding tert-OH is 1. The van der Waals surface area contributed by atoms with Crippen LogP contribution in [-0.2, 0) is 4.79 Å². The molecule has 14 heavy (non-hydrogen) atoms. The van der Waals surface area contributed by atoms with Crippen LogP contribution < -0.4 is 0 Å². The van der Waals surface area contributed by atoms with E-state index in [1.807, 2.05) is 32.6 Å². The Balaban J connectivity index is 0.000000791. The van der Waals surface area contributed by atoms with Crippen LogP contribution in [0.15, 0.2) is 0 Å². The first-order valence-electron chi connectivity index (χ1n) is 5.58. The molecule has 1 aliphatic heterocycles. The Labute approximate surface area is 87.1 Å². The summed E-state index contributed by atoms with van der Waals surface area (Å²) in [6.45, 7) is 9.26. The summed E-state index contributed by atoms with van der Waals surface area (Å²) in [5.74, 6) is 0.294. The van der Waals surface area contributed by atoms with Crippen molar-refractivity contribution < 1.29 is 9.90 Å². The van der Waals surface area contributed by atoms with Gasteiger partial charge in [-0.3, -0.25) is 4.79 Å². The molecule has 0 atom stereocenters. The van der Waals surface area contributed by atoms with E-state index in [1.165, 1.54) is 0 Å². The summed E-state index contributed by atoms with van der Waals surface area (Å²) in [6.07, 6.45) is 1.28. The first kappa shape index (κ1) is 13.4. The van der Waals surface area contributed by atoms with Gasteiger partial charge in [0.2, 0.25) is 5.91 Å². The maximum Gasteiger partial charge on any atom is 0.225 e. The van der Waals surface area contributed by atoms with Crippen LogP contribution in [0, 0.1) is 5.92 Å². The Hall–Kier alpha value is -0.570. The zero-order chi connectivity index (χ0) is 11.1. The zero-order valence-electron chi connectivity index (χ0n) is 9.79. The van der Waals surface area contributed by atoms with E-state index in [0.717, 1.165) is 25.9 Å². The number of piperidine rings is 1. The number of hydrogen-bond donors (Lipinski definition) is 1. The molecule has 1 aliphatic rings. The number of nitrogens with zero attached hydrogens (tertiary/aromatic N) is 1. The summed E-state index contributed by atoms with van der Waals surface area (Å²) in [4.78, 5) is 13.3. The van der Waals surface area contributed by atoms with Crippen molar-refractivity contribution in [3.8, 4) is 0 Å². The van der Waals surface area contributed by atoms with E-state index in [1.54, 1.807) is 0 Å². The molecule has 0 aliphatic carbocycles. The highest BCUT2D eigenvalue weighted by atomic mass is 16.3. The number of rotatable bonds is 1. The first-order valence-corrected chi connectivity index (χ1v) is 5.58. The van der Waals surface area contributed by atoms with Crippen molar-refractivity contribution in [1.82, 2.24) is 4.90 Å². The molecule has 0 unspecified atom stereocenters. The number of amides is 1. The van der Waals surface area contributed by atoms with Crippen molar-refractivity contribution in [3.63, 3.8) is 0 Å². The monoisotopic (exact) mass is 201 g/mol. The predicted octanol–water partition coefficient (Wildman–Crippen LogP) is 1.65. The van der Waals surface area contributed by atoms with Gasteiger partial charge >= 0.3 is 0 Å². The van der Waals surface area contributed by atoms with Crippen LogP contribution in [0.25, 0.3) is 0 Å². The van der Waals surface area contributed by atoms with E-state index in [-0.39, 0.29) is 17.9 Å². The number of carbonyl (C=O) groups excluding carboxylic acids is 1. The van der Waals surface area contributed by atoms with Crippen molar-refractivity contribution in [3.05, 3.63) is 0 Å². The van der Waals surface area contributed by atoms with E-state index in [2.05, 4.69) is 0 Å². The molecule has 0 spiro atoms. The first-order chi connectivity index (χ1) is 6.61. The van der Waals surface area contributed by atoms with Gasteiger partial charge in [-0.15, -0.1) is 0 Å². The largest absolute Gasteiger partial charge is 0.393 e. The molecule has 3 nitrogen and oxygen atoms in total. The van der Waals surface area contributed by atoms with Gasteiger partial charge in [0.25, 0.3) is 0 Å². The predicted molar refractivity (Wildman–Crippen MR) is 58.0 cm³/mol. The van der Waals surface area contributed by atoms with Crippen molar-refractivity contribution >= 4 is 5.91 Å². The fraction of sp³-hybridized carbons (Fsp3) is 0.909. The van der Waals surface area contributed by atoms with Gasteiger partial charge in [-0.2, -0.15) is 0 Å². The highest BCUT2D eigenvalue weighted by Gasteiger charge is 2.22. The molecule has 1 rings (SSSR count).